The minimum absolute atomic E-state index is 0.0839. The SMILES string of the molecule is Cc1ccc(Nc2cc3nc4cc(F)ccc4n(-c4ccc(Cl)cc4)c-3cc2=NC(C)C)cn1. The summed E-state index contributed by atoms with van der Waals surface area (Å²) in [6.45, 7) is 6.02. The lowest BCUT2D eigenvalue weighted by atomic mass is 10.1. The normalized spacial score (nSPS) is 12.1. The summed E-state index contributed by atoms with van der Waals surface area (Å²) < 4.78 is 16.2. The monoisotopic (exact) mass is 471 g/mol. The van der Waals surface area contributed by atoms with E-state index in [4.69, 9.17) is 21.6 Å². The van der Waals surface area contributed by atoms with Crippen LogP contribution in [0.1, 0.15) is 19.5 Å². The molecule has 0 radical (unpaired) electrons. The van der Waals surface area contributed by atoms with E-state index in [1.54, 1.807) is 12.3 Å². The van der Waals surface area contributed by atoms with Crippen molar-refractivity contribution in [2.45, 2.75) is 26.8 Å². The molecule has 2 heterocycles. The second kappa shape index (κ2) is 8.88. The molecule has 1 N–H and O–H groups in total. The van der Waals surface area contributed by atoms with Crippen molar-refractivity contribution < 1.29 is 4.39 Å². The first-order valence-corrected chi connectivity index (χ1v) is 11.4. The largest absolute Gasteiger partial charge is 0.352 e. The summed E-state index contributed by atoms with van der Waals surface area (Å²) in [5.41, 5.74) is 6.39. The Balaban J connectivity index is 1.82. The minimum atomic E-state index is -0.336. The summed E-state index contributed by atoms with van der Waals surface area (Å²) in [6.07, 6.45) is 1.79. The van der Waals surface area contributed by atoms with Crippen LogP contribution in [-0.2, 0) is 0 Å². The number of aryl methyl sites for hydroxylation is 1. The molecule has 0 bridgehead atoms. The lowest BCUT2D eigenvalue weighted by Gasteiger charge is -2.20. The zero-order chi connectivity index (χ0) is 23.8. The number of fused-ring (bicyclic) bond motifs is 2. The van der Waals surface area contributed by atoms with Gasteiger partial charge >= 0.3 is 0 Å². The molecule has 1 aliphatic carbocycles. The Labute approximate surface area is 202 Å². The molecule has 2 aromatic carbocycles. The highest BCUT2D eigenvalue weighted by Crippen LogP contribution is 2.31. The number of hydrogen-bond acceptors (Lipinski definition) is 4. The number of anilines is 2. The fourth-order valence-corrected chi connectivity index (χ4v) is 4.05. The Morgan fingerprint density at radius 1 is 1.00 bits per heavy atom. The lowest BCUT2D eigenvalue weighted by Crippen LogP contribution is -2.16. The Morgan fingerprint density at radius 3 is 2.50 bits per heavy atom. The highest BCUT2D eigenvalue weighted by atomic mass is 35.5. The van der Waals surface area contributed by atoms with Crippen molar-refractivity contribution in [1.82, 2.24) is 14.5 Å². The Bertz CT molecular complexity index is 1520. The molecule has 0 atom stereocenters. The first-order valence-electron chi connectivity index (χ1n) is 11.0. The van der Waals surface area contributed by atoms with Crippen LogP contribution in [0.15, 0.2) is 77.9 Å². The third kappa shape index (κ3) is 4.37. The third-order valence-electron chi connectivity index (χ3n) is 5.43. The van der Waals surface area contributed by atoms with Crippen LogP contribution in [0.4, 0.5) is 15.8 Å². The van der Waals surface area contributed by atoms with E-state index in [9.17, 15) is 4.39 Å². The van der Waals surface area contributed by atoms with Crippen molar-refractivity contribution in [3.63, 3.8) is 0 Å². The summed E-state index contributed by atoms with van der Waals surface area (Å²) in [5, 5.41) is 4.87. The maximum atomic E-state index is 14.1. The quantitative estimate of drug-likeness (QED) is 0.297. The van der Waals surface area contributed by atoms with E-state index in [1.165, 1.54) is 12.1 Å². The standard InChI is InChI=1S/C27H23ClFN5/c1-16(2)31-23-14-27-25(13-22(23)32-20-8-4-17(3)30-15-20)33-24-12-19(29)7-11-26(24)34(27)21-9-5-18(28)6-10-21/h4-16,32H,1-3H3. The van der Waals surface area contributed by atoms with Gasteiger partial charge in [-0.25, -0.2) is 9.37 Å². The number of halogens is 2. The Morgan fingerprint density at radius 2 is 1.79 bits per heavy atom. The van der Waals surface area contributed by atoms with Crippen LogP contribution < -0.4 is 10.7 Å². The third-order valence-corrected chi connectivity index (χ3v) is 5.68. The molecule has 0 spiro atoms. The van der Waals surface area contributed by atoms with E-state index in [0.717, 1.165) is 39.3 Å². The number of nitrogens with one attached hydrogen (secondary N) is 1. The van der Waals surface area contributed by atoms with Crippen LogP contribution >= 0.6 is 11.6 Å². The van der Waals surface area contributed by atoms with Gasteiger partial charge in [0, 0.05) is 28.5 Å². The van der Waals surface area contributed by atoms with E-state index in [1.807, 2.05) is 69.3 Å². The lowest BCUT2D eigenvalue weighted by molar-refractivity contribution is 0.629. The van der Waals surface area contributed by atoms with Gasteiger partial charge in [-0.3, -0.25) is 9.98 Å². The second-order valence-electron chi connectivity index (χ2n) is 8.45. The van der Waals surface area contributed by atoms with Gasteiger partial charge in [-0.2, -0.15) is 0 Å². The smallest absolute Gasteiger partial charge is 0.125 e. The molecule has 3 aromatic rings. The van der Waals surface area contributed by atoms with Crippen molar-refractivity contribution in [3.8, 4) is 17.1 Å². The highest BCUT2D eigenvalue weighted by Gasteiger charge is 2.17. The molecular formula is C27H23ClFN5. The molecule has 5 rings (SSSR count). The number of aromatic nitrogens is 3. The number of benzene rings is 3. The van der Waals surface area contributed by atoms with E-state index in [-0.39, 0.29) is 11.9 Å². The van der Waals surface area contributed by atoms with Gasteiger partial charge < -0.3 is 9.88 Å². The first-order chi connectivity index (χ1) is 16.4. The van der Waals surface area contributed by atoms with Crippen LogP contribution in [0.2, 0.25) is 5.02 Å². The van der Waals surface area contributed by atoms with Crippen LogP contribution in [0.25, 0.3) is 28.1 Å². The number of hydrogen-bond donors (Lipinski definition) is 1. The molecule has 1 aliphatic heterocycles. The van der Waals surface area contributed by atoms with Gasteiger partial charge in [0.15, 0.2) is 0 Å². The summed E-state index contributed by atoms with van der Waals surface area (Å²) in [4.78, 5) is 14.0. The Hall–Kier alpha value is -3.77. The van der Waals surface area contributed by atoms with Crippen LogP contribution in [-0.4, -0.2) is 20.6 Å². The van der Waals surface area contributed by atoms with Gasteiger partial charge in [0.25, 0.3) is 0 Å². The molecule has 0 saturated carbocycles. The molecule has 0 unspecified atom stereocenters. The maximum absolute atomic E-state index is 14.1. The summed E-state index contributed by atoms with van der Waals surface area (Å²) in [6, 6.07) is 20.2. The molecule has 0 saturated heterocycles. The molecule has 1 aromatic heterocycles. The molecule has 0 fully saturated rings. The summed E-state index contributed by atoms with van der Waals surface area (Å²) >= 11 is 6.15. The fourth-order valence-electron chi connectivity index (χ4n) is 3.92. The fraction of sp³-hybridized carbons (Fsp3) is 0.148. The number of nitrogens with zero attached hydrogens (tertiary/aromatic N) is 4. The van der Waals surface area contributed by atoms with Gasteiger partial charge in [0.2, 0.25) is 0 Å². The molecule has 5 nitrogen and oxygen atoms in total. The van der Waals surface area contributed by atoms with Crippen molar-refractivity contribution in [3.05, 3.63) is 94.8 Å². The maximum Gasteiger partial charge on any atom is 0.125 e. The number of pyridine rings is 1. The van der Waals surface area contributed by atoms with Gasteiger partial charge in [-0.15, -0.1) is 0 Å². The van der Waals surface area contributed by atoms with Crippen LogP contribution in [0.5, 0.6) is 0 Å². The van der Waals surface area contributed by atoms with E-state index < -0.39 is 0 Å². The molecule has 7 heteroatoms. The topological polar surface area (TPSA) is 55.1 Å². The highest BCUT2D eigenvalue weighted by molar-refractivity contribution is 6.30. The van der Waals surface area contributed by atoms with Crippen molar-refractivity contribution in [1.29, 1.82) is 0 Å². The van der Waals surface area contributed by atoms with E-state index >= 15 is 0 Å². The van der Waals surface area contributed by atoms with Crippen LogP contribution in [0, 0.1) is 12.7 Å². The average molecular weight is 472 g/mol. The second-order valence-corrected chi connectivity index (χ2v) is 8.89. The zero-order valence-corrected chi connectivity index (χ0v) is 19.8. The predicted molar refractivity (Wildman–Crippen MR) is 136 cm³/mol. The minimum Gasteiger partial charge on any atom is -0.352 e. The summed E-state index contributed by atoms with van der Waals surface area (Å²) in [5.74, 6) is -0.336. The molecule has 0 amide bonds. The van der Waals surface area contributed by atoms with Gasteiger partial charge in [-0.1, -0.05) is 11.6 Å². The average Bonchev–Trinajstić information content (AvgIpc) is 2.80. The van der Waals surface area contributed by atoms with Crippen molar-refractivity contribution >= 4 is 34.0 Å². The number of rotatable bonds is 4. The van der Waals surface area contributed by atoms with Crippen molar-refractivity contribution in [2.75, 3.05) is 5.32 Å². The molecule has 34 heavy (non-hydrogen) atoms. The van der Waals surface area contributed by atoms with Crippen molar-refractivity contribution in [2.24, 2.45) is 4.99 Å². The zero-order valence-electron chi connectivity index (χ0n) is 19.1. The van der Waals surface area contributed by atoms with Gasteiger partial charge in [-0.05, 0) is 81.4 Å². The first kappa shape index (κ1) is 22.0. The summed E-state index contributed by atoms with van der Waals surface area (Å²) in [7, 11) is 0. The van der Waals surface area contributed by atoms with Gasteiger partial charge in [0.05, 0.1) is 45.4 Å². The molecule has 2 aliphatic rings. The molecule has 170 valence electrons. The van der Waals surface area contributed by atoms with E-state index in [0.29, 0.717) is 16.2 Å². The van der Waals surface area contributed by atoms with Crippen LogP contribution in [0.3, 0.4) is 0 Å². The predicted octanol–water partition coefficient (Wildman–Crippen LogP) is 6.68. The van der Waals surface area contributed by atoms with E-state index in [2.05, 4.69) is 14.9 Å². The molecular weight excluding hydrogens is 449 g/mol. The van der Waals surface area contributed by atoms with Gasteiger partial charge in [0.1, 0.15) is 5.82 Å². The Kier molecular flexibility index (Phi) is 5.75.